The molecule has 1 amide bonds. The lowest BCUT2D eigenvalue weighted by Gasteiger charge is -2.20. The number of rotatable bonds is 3. The molecule has 25 heavy (non-hydrogen) atoms. The predicted molar refractivity (Wildman–Crippen MR) is 96.2 cm³/mol. The predicted octanol–water partition coefficient (Wildman–Crippen LogP) is 3.73. The molecule has 0 spiro atoms. The summed E-state index contributed by atoms with van der Waals surface area (Å²) in [6, 6.07) is 8.09. The molecule has 0 atom stereocenters. The molecule has 0 aliphatic rings. The standard InChI is InChI=1S/C19H22N4O2/c1-13-11-14(16-7-8-22-23-10-9-20-17(16)23)5-6-15(13)12-21-18(24)25-19(2,3)4/h5-11H,12H2,1-4H3,(H,21,24). The number of nitrogens with zero attached hydrogens (tertiary/aromatic N) is 3. The third-order valence-corrected chi connectivity index (χ3v) is 3.77. The second kappa shape index (κ2) is 6.55. The Morgan fingerprint density at radius 1 is 1.24 bits per heavy atom. The van der Waals surface area contributed by atoms with Crippen LogP contribution in [0.25, 0.3) is 16.8 Å². The van der Waals surface area contributed by atoms with E-state index < -0.39 is 11.7 Å². The highest BCUT2D eigenvalue weighted by molar-refractivity contribution is 5.77. The summed E-state index contributed by atoms with van der Waals surface area (Å²) in [7, 11) is 0. The molecule has 0 unspecified atom stereocenters. The van der Waals surface area contributed by atoms with E-state index >= 15 is 0 Å². The maximum absolute atomic E-state index is 11.8. The van der Waals surface area contributed by atoms with Crippen LogP contribution in [0.4, 0.5) is 4.79 Å². The molecule has 0 aliphatic carbocycles. The first kappa shape index (κ1) is 17.0. The minimum atomic E-state index is -0.500. The van der Waals surface area contributed by atoms with Crippen molar-refractivity contribution in [1.82, 2.24) is 19.9 Å². The van der Waals surface area contributed by atoms with Gasteiger partial charge in [-0.3, -0.25) is 0 Å². The summed E-state index contributed by atoms with van der Waals surface area (Å²) >= 11 is 0. The average Bonchev–Trinajstić information content (AvgIpc) is 3.00. The van der Waals surface area contributed by atoms with Crippen molar-refractivity contribution < 1.29 is 9.53 Å². The average molecular weight is 338 g/mol. The smallest absolute Gasteiger partial charge is 0.407 e. The van der Waals surface area contributed by atoms with Crippen molar-refractivity contribution in [3.05, 3.63) is 54.0 Å². The molecule has 1 aromatic carbocycles. The lowest BCUT2D eigenvalue weighted by Crippen LogP contribution is -2.32. The summed E-state index contributed by atoms with van der Waals surface area (Å²) in [5.41, 5.74) is 4.55. The van der Waals surface area contributed by atoms with Gasteiger partial charge in [-0.1, -0.05) is 18.2 Å². The number of carbonyl (C=O) groups is 1. The molecule has 6 nitrogen and oxygen atoms in total. The van der Waals surface area contributed by atoms with Gasteiger partial charge in [-0.2, -0.15) is 5.10 Å². The zero-order valence-corrected chi connectivity index (χ0v) is 14.9. The van der Waals surface area contributed by atoms with E-state index in [4.69, 9.17) is 4.74 Å². The number of amides is 1. The SMILES string of the molecule is Cc1cc(-c2ccnn3ccnc23)ccc1CNC(=O)OC(C)(C)C. The molecule has 2 heterocycles. The molecule has 0 radical (unpaired) electrons. The Hall–Kier alpha value is -2.89. The van der Waals surface area contributed by atoms with E-state index in [0.29, 0.717) is 6.54 Å². The molecule has 3 rings (SSSR count). The molecule has 1 N–H and O–H groups in total. The topological polar surface area (TPSA) is 68.5 Å². The van der Waals surface area contributed by atoms with Gasteiger partial charge in [0, 0.05) is 30.7 Å². The van der Waals surface area contributed by atoms with Gasteiger partial charge in [0.05, 0.1) is 0 Å². The molecule has 3 aromatic rings. The number of fused-ring (bicyclic) bond motifs is 1. The largest absolute Gasteiger partial charge is 0.444 e. The first-order valence-corrected chi connectivity index (χ1v) is 8.18. The third kappa shape index (κ3) is 3.96. The summed E-state index contributed by atoms with van der Waals surface area (Å²) in [5.74, 6) is 0. The van der Waals surface area contributed by atoms with Gasteiger partial charge in [-0.25, -0.2) is 14.3 Å². The van der Waals surface area contributed by atoms with Crippen molar-refractivity contribution in [3.63, 3.8) is 0 Å². The lowest BCUT2D eigenvalue weighted by atomic mass is 10.0. The molecule has 0 saturated carbocycles. The molecular formula is C19H22N4O2. The van der Waals surface area contributed by atoms with Crippen molar-refractivity contribution in [3.8, 4) is 11.1 Å². The highest BCUT2D eigenvalue weighted by atomic mass is 16.6. The molecule has 0 saturated heterocycles. The normalized spacial score (nSPS) is 11.5. The Morgan fingerprint density at radius 3 is 2.76 bits per heavy atom. The van der Waals surface area contributed by atoms with E-state index in [1.165, 1.54) is 0 Å². The van der Waals surface area contributed by atoms with Crippen LogP contribution in [0.5, 0.6) is 0 Å². The second-order valence-corrected chi connectivity index (χ2v) is 6.94. The van der Waals surface area contributed by atoms with Gasteiger partial charge in [0.2, 0.25) is 0 Å². The summed E-state index contributed by atoms with van der Waals surface area (Å²) in [4.78, 5) is 16.2. The highest BCUT2D eigenvalue weighted by Crippen LogP contribution is 2.25. The van der Waals surface area contributed by atoms with E-state index in [-0.39, 0.29) is 0 Å². The van der Waals surface area contributed by atoms with Gasteiger partial charge in [-0.05, 0) is 50.5 Å². The molecule has 0 bridgehead atoms. The monoisotopic (exact) mass is 338 g/mol. The molecule has 2 aromatic heterocycles. The van der Waals surface area contributed by atoms with Crippen molar-refractivity contribution in [2.45, 2.75) is 39.8 Å². The number of aryl methyl sites for hydroxylation is 1. The Bertz CT molecular complexity index is 909. The number of imidazole rings is 1. The Kier molecular flexibility index (Phi) is 4.44. The minimum absolute atomic E-state index is 0.413. The Balaban J connectivity index is 1.77. The number of nitrogens with one attached hydrogen (secondary N) is 1. The van der Waals surface area contributed by atoms with Gasteiger partial charge in [0.1, 0.15) is 5.60 Å². The van der Waals surface area contributed by atoms with Crippen LogP contribution in [0, 0.1) is 6.92 Å². The Morgan fingerprint density at radius 2 is 2.04 bits per heavy atom. The number of hydrogen-bond donors (Lipinski definition) is 1. The first-order chi connectivity index (χ1) is 11.8. The molecule has 0 aliphatic heterocycles. The summed E-state index contributed by atoms with van der Waals surface area (Å²) in [6.07, 6.45) is 4.91. The maximum atomic E-state index is 11.8. The summed E-state index contributed by atoms with van der Waals surface area (Å²) in [6.45, 7) is 7.99. The van der Waals surface area contributed by atoms with Crippen LogP contribution in [0.3, 0.4) is 0 Å². The van der Waals surface area contributed by atoms with E-state index in [1.807, 2.05) is 52.1 Å². The van der Waals surface area contributed by atoms with Crippen LogP contribution in [0.2, 0.25) is 0 Å². The van der Waals surface area contributed by atoms with Gasteiger partial charge in [0.25, 0.3) is 0 Å². The van der Waals surface area contributed by atoms with Gasteiger partial charge >= 0.3 is 6.09 Å². The van der Waals surface area contributed by atoms with Gasteiger partial charge in [0.15, 0.2) is 5.65 Å². The van der Waals surface area contributed by atoms with Gasteiger partial charge in [-0.15, -0.1) is 0 Å². The second-order valence-electron chi connectivity index (χ2n) is 6.94. The van der Waals surface area contributed by atoms with Crippen molar-refractivity contribution in [2.24, 2.45) is 0 Å². The molecule has 0 fully saturated rings. The van der Waals surface area contributed by atoms with Crippen molar-refractivity contribution in [1.29, 1.82) is 0 Å². The minimum Gasteiger partial charge on any atom is -0.444 e. The Labute approximate surface area is 146 Å². The lowest BCUT2D eigenvalue weighted by molar-refractivity contribution is 0.0523. The number of carbonyl (C=O) groups excluding carboxylic acids is 1. The van der Waals surface area contributed by atoms with Crippen LogP contribution in [0.15, 0.2) is 42.9 Å². The number of benzene rings is 1. The maximum Gasteiger partial charge on any atom is 0.407 e. The molecule has 130 valence electrons. The van der Waals surface area contributed by atoms with Crippen LogP contribution in [-0.2, 0) is 11.3 Å². The van der Waals surface area contributed by atoms with E-state index in [1.54, 1.807) is 16.9 Å². The van der Waals surface area contributed by atoms with Crippen LogP contribution >= 0.6 is 0 Å². The number of aromatic nitrogens is 3. The zero-order valence-electron chi connectivity index (χ0n) is 14.9. The molecule has 6 heteroatoms. The summed E-state index contributed by atoms with van der Waals surface area (Å²) < 4.78 is 7.02. The first-order valence-electron chi connectivity index (χ1n) is 8.18. The summed E-state index contributed by atoms with van der Waals surface area (Å²) in [5, 5.41) is 7.03. The van der Waals surface area contributed by atoms with Crippen molar-refractivity contribution in [2.75, 3.05) is 0 Å². The number of alkyl carbamates (subject to hydrolysis) is 1. The van der Waals surface area contributed by atoms with Crippen LogP contribution in [-0.4, -0.2) is 26.3 Å². The fourth-order valence-electron chi connectivity index (χ4n) is 2.61. The number of ether oxygens (including phenoxy) is 1. The van der Waals surface area contributed by atoms with Gasteiger partial charge < -0.3 is 10.1 Å². The van der Waals surface area contributed by atoms with Crippen LogP contribution < -0.4 is 5.32 Å². The van der Waals surface area contributed by atoms with Crippen LogP contribution in [0.1, 0.15) is 31.9 Å². The third-order valence-electron chi connectivity index (χ3n) is 3.77. The fourth-order valence-corrected chi connectivity index (χ4v) is 2.61. The van der Waals surface area contributed by atoms with E-state index in [9.17, 15) is 4.79 Å². The zero-order chi connectivity index (χ0) is 18.0. The molecular weight excluding hydrogens is 316 g/mol. The number of hydrogen-bond acceptors (Lipinski definition) is 4. The fraction of sp³-hybridized carbons (Fsp3) is 0.316. The highest BCUT2D eigenvalue weighted by Gasteiger charge is 2.16. The quantitative estimate of drug-likeness (QED) is 0.790. The van der Waals surface area contributed by atoms with Crippen molar-refractivity contribution >= 4 is 11.7 Å². The van der Waals surface area contributed by atoms with E-state index in [0.717, 1.165) is 27.9 Å². The van der Waals surface area contributed by atoms with E-state index in [2.05, 4.69) is 21.5 Å².